The molecule has 2 aromatic heterocycles. The monoisotopic (exact) mass is 485 g/mol. The standard InChI is InChI=1S/C22H17Cl2N5O2S/c1-31-17-7-5-16(6-8-17)29-21(14-3-2-10-25-12-14)27-28-22(29)32-13-20(30)26-19-11-15(23)4-9-18(19)24/h2-12H,13H2,1H3,(H,26,30). The molecule has 2 aromatic carbocycles. The largest absolute Gasteiger partial charge is 0.497 e. The van der Waals surface area contributed by atoms with E-state index in [1.807, 2.05) is 41.0 Å². The van der Waals surface area contributed by atoms with Gasteiger partial charge in [-0.15, -0.1) is 10.2 Å². The third-order valence-electron chi connectivity index (χ3n) is 4.42. The number of hydrogen-bond acceptors (Lipinski definition) is 6. The van der Waals surface area contributed by atoms with Gasteiger partial charge in [0.1, 0.15) is 5.75 Å². The van der Waals surface area contributed by atoms with Crippen molar-refractivity contribution in [3.8, 4) is 22.8 Å². The van der Waals surface area contributed by atoms with Gasteiger partial charge in [-0.25, -0.2) is 0 Å². The summed E-state index contributed by atoms with van der Waals surface area (Å²) in [6.07, 6.45) is 3.41. The van der Waals surface area contributed by atoms with Crippen molar-refractivity contribution in [2.45, 2.75) is 5.16 Å². The molecule has 4 aromatic rings. The highest BCUT2D eigenvalue weighted by Crippen LogP contribution is 2.29. The van der Waals surface area contributed by atoms with Crippen molar-refractivity contribution >= 4 is 46.6 Å². The SMILES string of the molecule is COc1ccc(-n2c(SCC(=O)Nc3cc(Cl)ccc3Cl)nnc2-c2cccnc2)cc1. The number of nitrogens with one attached hydrogen (secondary N) is 1. The summed E-state index contributed by atoms with van der Waals surface area (Å²) in [5.41, 5.74) is 2.09. The molecule has 0 bridgehead atoms. The van der Waals surface area contributed by atoms with Gasteiger partial charge in [-0.05, 0) is 54.6 Å². The minimum Gasteiger partial charge on any atom is -0.497 e. The molecule has 1 N–H and O–H groups in total. The molecule has 162 valence electrons. The van der Waals surface area contributed by atoms with Crippen LogP contribution in [0.25, 0.3) is 17.1 Å². The number of methoxy groups -OCH3 is 1. The van der Waals surface area contributed by atoms with Gasteiger partial charge in [-0.1, -0.05) is 35.0 Å². The molecule has 0 aliphatic rings. The first-order chi connectivity index (χ1) is 15.5. The number of rotatable bonds is 7. The Hall–Kier alpha value is -3.07. The van der Waals surface area contributed by atoms with E-state index in [-0.39, 0.29) is 11.7 Å². The zero-order chi connectivity index (χ0) is 22.5. The van der Waals surface area contributed by atoms with Crippen LogP contribution in [0.4, 0.5) is 5.69 Å². The van der Waals surface area contributed by atoms with Crippen molar-refractivity contribution in [1.29, 1.82) is 0 Å². The molecule has 10 heteroatoms. The second-order valence-electron chi connectivity index (χ2n) is 6.54. The Morgan fingerprint density at radius 2 is 1.94 bits per heavy atom. The summed E-state index contributed by atoms with van der Waals surface area (Å²) in [5.74, 6) is 1.21. The predicted molar refractivity (Wildman–Crippen MR) is 127 cm³/mol. The number of carbonyl (C=O) groups excluding carboxylic acids is 1. The van der Waals surface area contributed by atoms with Gasteiger partial charge in [0, 0.05) is 28.7 Å². The summed E-state index contributed by atoms with van der Waals surface area (Å²) in [6.45, 7) is 0. The summed E-state index contributed by atoms with van der Waals surface area (Å²) in [4.78, 5) is 16.7. The molecule has 0 saturated carbocycles. The molecule has 32 heavy (non-hydrogen) atoms. The Morgan fingerprint density at radius 1 is 1.12 bits per heavy atom. The number of hydrogen-bond donors (Lipinski definition) is 1. The normalized spacial score (nSPS) is 10.7. The van der Waals surface area contributed by atoms with Crippen molar-refractivity contribution in [1.82, 2.24) is 19.7 Å². The molecule has 0 aliphatic heterocycles. The topological polar surface area (TPSA) is 81.9 Å². The first-order valence-electron chi connectivity index (χ1n) is 9.43. The summed E-state index contributed by atoms with van der Waals surface area (Å²) in [7, 11) is 1.61. The maximum Gasteiger partial charge on any atom is 0.234 e. The second-order valence-corrected chi connectivity index (χ2v) is 8.33. The Kier molecular flexibility index (Phi) is 6.94. The zero-order valence-electron chi connectivity index (χ0n) is 16.8. The lowest BCUT2D eigenvalue weighted by Gasteiger charge is -2.11. The van der Waals surface area contributed by atoms with Gasteiger partial charge in [0.15, 0.2) is 11.0 Å². The third-order valence-corrected chi connectivity index (χ3v) is 5.91. The molecule has 0 radical (unpaired) electrons. The van der Waals surface area contributed by atoms with Crippen molar-refractivity contribution in [2.24, 2.45) is 0 Å². The Morgan fingerprint density at radius 3 is 2.66 bits per heavy atom. The van der Waals surface area contributed by atoms with Crippen molar-refractivity contribution in [2.75, 3.05) is 18.2 Å². The number of carbonyl (C=O) groups is 1. The second kappa shape index (κ2) is 10.0. The van der Waals surface area contributed by atoms with Gasteiger partial charge >= 0.3 is 0 Å². The van der Waals surface area contributed by atoms with Gasteiger partial charge in [-0.3, -0.25) is 14.3 Å². The van der Waals surface area contributed by atoms with Gasteiger partial charge in [0.25, 0.3) is 0 Å². The quantitative estimate of drug-likeness (QED) is 0.354. The van der Waals surface area contributed by atoms with E-state index in [9.17, 15) is 4.79 Å². The molecule has 7 nitrogen and oxygen atoms in total. The van der Waals surface area contributed by atoms with Crippen LogP contribution in [0.1, 0.15) is 0 Å². The van der Waals surface area contributed by atoms with E-state index in [1.165, 1.54) is 11.8 Å². The Labute approximate surface area is 198 Å². The van der Waals surface area contributed by atoms with E-state index in [0.29, 0.717) is 26.7 Å². The van der Waals surface area contributed by atoms with E-state index >= 15 is 0 Å². The lowest BCUT2D eigenvalue weighted by molar-refractivity contribution is -0.113. The molecule has 0 saturated heterocycles. The summed E-state index contributed by atoms with van der Waals surface area (Å²) >= 11 is 13.4. The van der Waals surface area contributed by atoms with Crippen LogP contribution in [-0.2, 0) is 4.79 Å². The van der Waals surface area contributed by atoms with Crippen molar-refractivity contribution < 1.29 is 9.53 Å². The smallest absolute Gasteiger partial charge is 0.234 e. The summed E-state index contributed by atoms with van der Waals surface area (Å²) in [6, 6.07) is 16.1. The Bertz CT molecular complexity index is 1230. The molecule has 0 spiro atoms. The van der Waals surface area contributed by atoms with Gasteiger partial charge < -0.3 is 10.1 Å². The van der Waals surface area contributed by atoms with Gasteiger partial charge in [-0.2, -0.15) is 0 Å². The zero-order valence-corrected chi connectivity index (χ0v) is 19.2. The molecule has 1 amide bonds. The summed E-state index contributed by atoms with van der Waals surface area (Å²) < 4.78 is 7.13. The number of benzene rings is 2. The van der Waals surface area contributed by atoms with E-state index in [1.54, 1.807) is 37.7 Å². The Balaban J connectivity index is 1.60. The first-order valence-corrected chi connectivity index (χ1v) is 11.2. The highest BCUT2D eigenvalue weighted by atomic mass is 35.5. The molecule has 0 aliphatic carbocycles. The van der Waals surface area contributed by atoms with Crippen LogP contribution in [0, 0.1) is 0 Å². The number of anilines is 1. The number of pyridine rings is 1. The molecular weight excluding hydrogens is 469 g/mol. The molecule has 0 unspecified atom stereocenters. The maximum atomic E-state index is 12.5. The van der Waals surface area contributed by atoms with Crippen LogP contribution in [0.15, 0.2) is 72.1 Å². The number of thioether (sulfide) groups is 1. The number of nitrogens with zero attached hydrogens (tertiary/aromatic N) is 4. The average Bonchev–Trinajstić information content (AvgIpc) is 3.25. The lowest BCUT2D eigenvalue weighted by Crippen LogP contribution is -2.15. The predicted octanol–water partition coefficient (Wildman–Crippen LogP) is 5.38. The molecular formula is C22H17Cl2N5O2S. The number of halogens is 2. The molecule has 2 heterocycles. The minimum atomic E-state index is -0.244. The van der Waals surface area contributed by atoms with Crippen molar-refractivity contribution in [3.63, 3.8) is 0 Å². The fraction of sp³-hybridized carbons (Fsp3) is 0.0909. The van der Waals surface area contributed by atoms with Gasteiger partial charge in [0.05, 0.1) is 23.6 Å². The molecule has 0 fully saturated rings. The number of amides is 1. The van der Waals surface area contributed by atoms with Gasteiger partial charge in [0.2, 0.25) is 5.91 Å². The van der Waals surface area contributed by atoms with Crippen LogP contribution in [0.2, 0.25) is 10.0 Å². The van der Waals surface area contributed by atoms with E-state index in [2.05, 4.69) is 20.5 Å². The van der Waals surface area contributed by atoms with Crippen LogP contribution in [0.5, 0.6) is 5.75 Å². The highest BCUT2D eigenvalue weighted by molar-refractivity contribution is 7.99. The van der Waals surface area contributed by atoms with E-state index in [0.717, 1.165) is 17.0 Å². The third kappa shape index (κ3) is 5.04. The number of ether oxygens (including phenoxy) is 1. The molecule has 0 atom stereocenters. The minimum absolute atomic E-state index is 0.101. The first kappa shape index (κ1) is 22.1. The van der Waals surface area contributed by atoms with Crippen LogP contribution < -0.4 is 10.1 Å². The van der Waals surface area contributed by atoms with Crippen molar-refractivity contribution in [3.05, 3.63) is 77.0 Å². The number of aromatic nitrogens is 4. The van der Waals surface area contributed by atoms with E-state index < -0.39 is 0 Å². The van der Waals surface area contributed by atoms with E-state index in [4.69, 9.17) is 27.9 Å². The fourth-order valence-electron chi connectivity index (χ4n) is 2.92. The molecule has 4 rings (SSSR count). The highest BCUT2D eigenvalue weighted by Gasteiger charge is 2.18. The van der Waals surface area contributed by atoms with Crippen LogP contribution in [0.3, 0.4) is 0 Å². The maximum absolute atomic E-state index is 12.5. The lowest BCUT2D eigenvalue weighted by atomic mass is 10.2. The average molecular weight is 486 g/mol. The summed E-state index contributed by atoms with van der Waals surface area (Å²) in [5, 5.41) is 12.9. The fourth-order valence-corrected chi connectivity index (χ4v) is 4.01. The van der Waals surface area contributed by atoms with Crippen LogP contribution in [-0.4, -0.2) is 38.5 Å². The van der Waals surface area contributed by atoms with Crippen LogP contribution >= 0.6 is 35.0 Å².